The van der Waals surface area contributed by atoms with Gasteiger partial charge in [-0.25, -0.2) is 22.3 Å². The fraction of sp³-hybridized carbons (Fsp3) is 0.417. The molecule has 1 unspecified atom stereocenters. The van der Waals surface area contributed by atoms with Crippen LogP contribution >= 0.6 is 11.6 Å². The molecule has 1 aliphatic rings. The number of sulfonamides is 1. The first-order chi connectivity index (χ1) is 9.45. The quantitative estimate of drug-likeness (QED) is 0.823. The van der Waals surface area contributed by atoms with E-state index in [1.807, 2.05) is 13.8 Å². The second-order valence-corrected chi connectivity index (χ2v) is 7.50. The molecule has 0 bridgehead atoms. The molecule has 9 heteroatoms. The molecule has 5 nitrogen and oxygen atoms in total. The van der Waals surface area contributed by atoms with Gasteiger partial charge in [-0.05, 0) is 17.9 Å². The number of hydrogen-bond donors (Lipinski definition) is 2. The third-order valence-corrected chi connectivity index (χ3v) is 4.92. The summed E-state index contributed by atoms with van der Waals surface area (Å²) in [5, 5.41) is 6.65. The summed E-state index contributed by atoms with van der Waals surface area (Å²) in [4.78, 5) is 10.8. The molecular weight excluding hydrogens is 326 g/mol. The topological polar surface area (TPSA) is 89.3 Å². The van der Waals surface area contributed by atoms with Crippen molar-refractivity contribution in [2.45, 2.75) is 31.2 Å². The van der Waals surface area contributed by atoms with Gasteiger partial charge in [-0.15, -0.1) is 0 Å². The lowest BCUT2D eigenvalue weighted by Gasteiger charge is -2.11. The number of nitrogens with one attached hydrogen (secondary N) is 1. The monoisotopic (exact) mass is 338 g/mol. The van der Waals surface area contributed by atoms with Crippen LogP contribution in [0.25, 0.3) is 0 Å². The smallest absolute Gasteiger partial charge is 0.253 e. The maximum absolute atomic E-state index is 13.5. The Morgan fingerprint density at radius 2 is 2.00 bits per heavy atom. The number of nitrogens with two attached hydrogens (primary N) is 1. The molecule has 1 amide bonds. The van der Waals surface area contributed by atoms with Crippen molar-refractivity contribution in [1.82, 2.24) is 5.32 Å². The zero-order valence-electron chi connectivity index (χ0n) is 11.2. The Bertz CT molecular complexity index is 735. The fourth-order valence-corrected chi connectivity index (χ4v) is 3.20. The van der Waals surface area contributed by atoms with Gasteiger partial charge in [-0.3, -0.25) is 4.79 Å². The molecule has 3 N–H and O–H groups in total. The van der Waals surface area contributed by atoms with Crippen molar-refractivity contribution in [3.63, 3.8) is 0 Å². The SMILES string of the molecule is CC1(C)CC1NC(=O)c1cc(F)c(F)c(S(N)(=O)=O)c1Cl. The van der Waals surface area contributed by atoms with Crippen LogP contribution in [0.3, 0.4) is 0 Å². The van der Waals surface area contributed by atoms with Crippen LogP contribution in [0, 0.1) is 17.0 Å². The van der Waals surface area contributed by atoms with Crippen LogP contribution in [0.1, 0.15) is 30.6 Å². The van der Waals surface area contributed by atoms with Gasteiger partial charge >= 0.3 is 0 Å². The molecule has 1 atom stereocenters. The van der Waals surface area contributed by atoms with E-state index in [0.717, 1.165) is 6.42 Å². The summed E-state index contributed by atoms with van der Waals surface area (Å²) < 4.78 is 49.6. The summed E-state index contributed by atoms with van der Waals surface area (Å²) in [6, 6.07) is 0.420. The summed E-state index contributed by atoms with van der Waals surface area (Å²) in [7, 11) is -4.61. The summed E-state index contributed by atoms with van der Waals surface area (Å²) in [5.41, 5.74) is -0.564. The Kier molecular flexibility index (Phi) is 3.76. The Hall–Kier alpha value is -1.25. The number of halogens is 3. The first-order valence-electron chi connectivity index (χ1n) is 5.96. The van der Waals surface area contributed by atoms with Crippen LogP contribution in [-0.4, -0.2) is 20.4 Å². The van der Waals surface area contributed by atoms with Crippen LogP contribution in [0.5, 0.6) is 0 Å². The van der Waals surface area contributed by atoms with E-state index in [9.17, 15) is 22.0 Å². The minimum absolute atomic E-state index is 0.0938. The Labute approximate surface area is 125 Å². The van der Waals surface area contributed by atoms with E-state index in [1.165, 1.54) is 0 Å². The minimum atomic E-state index is -4.61. The zero-order chi connectivity index (χ0) is 16.2. The Morgan fingerprint density at radius 3 is 2.43 bits per heavy atom. The lowest BCUT2D eigenvalue weighted by atomic mass is 10.1. The molecule has 1 saturated carbocycles. The summed E-state index contributed by atoms with van der Waals surface area (Å²) >= 11 is 5.71. The molecule has 0 spiro atoms. The first-order valence-corrected chi connectivity index (χ1v) is 7.89. The summed E-state index contributed by atoms with van der Waals surface area (Å²) in [6.07, 6.45) is 0.724. The number of benzene rings is 1. The van der Waals surface area contributed by atoms with Crippen LogP contribution < -0.4 is 10.5 Å². The van der Waals surface area contributed by atoms with Gasteiger partial charge in [0.1, 0.15) is 4.90 Å². The van der Waals surface area contributed by atoms with Gasteiger partial charge in [-0.2, -0.15) is 0 Å². The molecule has 0 radical (unpaired) electrons. The number of hydrogen-bond acceptors (Lipinski definition) is 3. The molecule has 0 heterocycles. The third kappa shape index (κ3) is 3.02. The Morgan fingerprint density at radius 1 is 1.48 bits per heavy atom. The number of carbonyl (C=O) groups is 1. The maximum Gasteiger partial charge on any atom is 0.253 e. The molecule has 21 heavy (non-hydrogen) atoms. The van der Waals surface area contributed by atoms with E-state index in [-0.39, 0.29) is 11.5 Å². The highest BCUT2D eigenvalue weighted by Gasteiger charge is 2.47. The number of carbonyl (C=O) groups excluding carboxylic acids is 1. The highest BCUT2D eigenvalue weighted by Crippen LogP contribution is 2.44. The average molecular weight is 339 g/mol. The fourth-order valence-electron chi connectivity index (χ4n) is 1.95. The molecule has 1 aliphatic carbocycles. The van der Waals surface area contributed by atoms with Crippen LogP contribution in [-0.2, 0) is 10.0 Å². The van der Waals surface area contributed by atoms with Gasteiger partial charge in [0.2, 0.25) is 10.0 Å². The Balaban J connectivity index is 2.46. The van der Waals surface area contributed by atoms with Crippen LogP contribution in [0.4, 0.5) is 8.78 Å². The van der Waals surface area contributed by atoms with Gasteiger partial charge in [-0.1, -0.05) is 25.4 Å². The lowest BCUT2D eigenvalue weighted by molar-refractivity contribution is 0.0945. The second kappa shape index (κ2) is 4.89. The normalized spacial score (nSPS) is 20.2. The van der Waals surface area contributed by atoms with Crippen molar-refractivity contribution < 1.29 is 22.0 Å². The first kappa shape index (κ1) is 16.1. The molecule has 1 aromatic rings. The average Bonchev–Trinajstić information content (AvgIpc) is 2.89. The number of amides is 1. The standard InChI is InChI=1S/C12H13ClF2N2O3S/c1-12(2)4-7(12)17-11(18)5-3-6(14)9(15)10(8(5)13)21(16,19)20/h3,7H,4H2,1-2H3,(H,17,18)(H2,16,19,20). The zero-order valence-corrected chi connectivity index (χ0v) is 12.8. The summed E-state index contributed by atoms with van der Waals surface area (Å²) in [5.74, 6) is -3.99. The number of rotatable bonds is 3. The maximum atomic E-state index is 13.5. The van der Waals surface area contributed by atoms with Gasteiger partial charge in [0.25, 0.3) is 5.91 Å². The highest BCUT2D eigenvalue weighted by molar-refractivity contribution is 7.89. The van der Waals surface area contributed by atoms with E-state index in [4.69, 9.17) is 16.7 Å². The van der Waals surface area contributed by atoms with Crippen LogP contribution in [0.15, 0.2) is 11.0 Å². The van der Waals surface area contributed by atoms with Gasteiger partial charge < -0.3 is 5.32 Å². The molecule has 116 valence electrons. The van der Waals surface area contributed by atoms with Crippen molar-refractivity contribution in [2.75, 3.05) is 0 Å². The molecule has 0 saturated heterocycles. The highest BCUT2D eigenvalue weighted by atomic mass is 35.5. The van der Waals surface area contributed by atoms with E-state index in [1.54, 1.807) is 0 Å². The number of primary sulfonamides is 1. The molecule has 1 aromatic carbocycles. The summed E-state index contributed by atoms with van der Waals surface area (Å²) in [6.45, 7) is 3.83. The molecule has 2 rings (SSSR count). The van der Waals surface area contributed by atoms with E-state index >= 15 is 0 Å². The van der Waals surface area contributed by atoms with E-state index < -0.39 is 43.0 Å². The predicted octanol–water partition coefficient (Wildman–Crippen LogP) is 1.79. The van der Waals surface area contributed by atoms with Crippen LogP contribution in [0.2, 0.25) is 5.02 Å². The predicted molar refractivity (Wildman–Crippen MR) is 72.4 cm³/mol. The lowest BCUT2D eigenvalue weighted by Crippen LogP contribution is -2.29. The molecular formula is C12H13ClF2N2O3S. The van der Waals surface area contributed by atoms with Crippen molar-refractivity contribution in [3.8, 4) is 0 Å². The second-order valence-electron chi connectivity index (χ2n) is 5.63. The van der Waals surface area contributed by atoms with Gasteiger partial charge in [0.05, 0.1) is 10.6 Å². The van der Waals surface area contributed by atoms with E-state index in [0.29, 0.717) is 6.07 Å². The van der Waals surface area contributed by atoms with Crippen molar-refractivity contribution in [1.29, 1.82) is 0 Å². The molecule has 0 aliphatic heterocycles. The van der Waals surface area contributed by atoms with Gasteiger partial charge in [0, 0.05) is 6.04 Å². The van der Waals surface area contributed by atoms with Crippen molar-refractivity contribution >= 4 is 27.5 Å². The minimum Gasteiger partial charge on any atom is -0.349 e. The largest absolute Gasteiger partial charge is 0.349 e. The van der Waals surface area contributed by atoms with Crippen molar-refractivity contribution in [2.24, 2.45) is 10.6 Å². The molecule has 1 fully saturated rings. The third-order valence-electron chi connectivity index (χ3n) is 3.46. The van der Waals surface area contributed by atoms with Crippen molar-refractivity contribution in [3.05, 3.63) is 28.3 Å². The molecule has 0 aromatic heterocycles. The van der Waals surface area contributed by atoms with Gasteiger partial charge in [0.15, 0.2) is 11.6 Å². The van der Waals surface area contributed by atoms with E-state index in [2.05, 4.69) is 5.32 Å².